The Kier molecular flexibility index (Phi) is 12.9. The molecule has 10 rings (SSSR count). The normalized spacial score (nSPS) is 17.1. The van der Waals surface area contributed by atoms with Gasteiger partial charge in [-0.05, 0) is 36.5 Å². The molecule has 0 amide bonds. The van der Waals surface area contributed by atoms with Gasteiger partial charge >= 0.3 is 302 Å². The summed E-state index contributed by atoms with van der Waals surface area (Å²) in [5, 5.41) is 5.10. The second-order valence-electron chi connectivity index (χ2n) is 17.5. The van der Waals surface area contributed by atoms with Crippen LogP contribution in [0.2, 0.25) is 0 Å². The predicted octanol–water partition coefficient (Wildman–Crippen LogP) is 14.1. The van der Waals surface area contributed by atoms with Gasteiger partial charge in [-0.3, -0.25) is 0 Å². The molecule has 7 aromatic rings. The molecule has 0 aromatic heterocycles. The summed E-state index contributed by atoms with van der Waals surface area (Å²) >= 11 is 1.83. The Morgan fingerprint density at radius 1 is 0.500 bits per heavy atom. The maximum atomic E-state index is 3.92. The van der Waals surface area contributed by atoms with Gasteiger partial charge in [-0.2, -0.15) is 0 Å². The number of aryl methyl sites for hydroxylation is 4. The standard InChI is InChI=1S/C64H53P.Os/c1-4-20-47-34-41-61-54(43-47)39-37-50-21-15-17-31-59(50)63(61)64-60-32-18-16-22-51(60)38-40-55-44-48(35-42-62(55)64)33-36-52(45-53-24-19-23-49(53)5-2)46(3)65(56-25-9-6-10-26-56,57-27-11-7-12-28-57)58-29-13-8-14-30-58;/h4-18,20-22,25-32,34-35,41-45H,19,23-24,37-40H2,1-2H3;/q+1;/b20-4+,49-5?,52-46?,53-45?,64-63+;. The van der Waals surface area contributed by atoms with Gasteiger partial charge in [0.05, 0.1) is 0 Å². The fourth-order valence-electron chi connectivity index (χ4n) is 10.7. The minimum absolute atomic E-state index is 0.943. The first-order valence-electron chi connectivity index (χ1n) is 23.4. The molecule has 2 heteroatoms. The molecule has 1 fully saturated rings. The average Bonchev–Trinajstić information content (AvgIpc) is 3.69. The van der Waals surface area contributed by atoms with Crippen LogP contribution in [0.15, 0.2) is 216 Å². The summed E-state index contributed by atoms with van der Waals surface area (Å²) < 4.78 is 3.90. The fraction of sp³-hybridized carbons (Fsp3) is 0.141. The van der Waals surface area contributed by atoms with Gasteiger partial charge in [0.25, 0.3) is 0 Å². The molecule has 0 radical (unpaired) electrons. The third kappa shape index (κ3) is 8.26. The van der Waals surface area contributed by atoms with Crippen molar-refractivity contribution in [1.82, 2.24) is 0 Å². The molecule has 7 aromatic carbocycles. The van der Waals surface area contributed by atoms with Gasteiger partial charge in [-0.1, -0.05) is 66.7 Å². The molecule has 1 saturated carbocycles. The van der Waals surface area contributed by atoms with Crippen molar-refractivity contribution in [3.63, 3.8) is 0 Å². The van der Waals surface area contributed by atoms with E-state index in [-0.39, 0.29) is 0 Å². The van der Waals surface area contributed by atoms with E-state index < -0.39 is 7.26 Å². The van der Waals surface area contributed by atoms with Crippen LogP contribution < -0.4 is 15.9 Å². The van der Waals surface area contributed by atoms with Crippen molar-refractivity contribution in [3.05, 3.63) is 272 Å². The molecule has 0 N–H and O–H groups in total. The van der Waals surface area contributed by atoms with E-state index in [0.29, 0.717) is 0 Å². The summed E-state index contributed by atoms with van der Waals surface area (Å²) in [5.74, 6) is 7.74. The van der Waals surface area contributed by atoms with Crippen molar-refractivity contribution < 1.29 is 17.9 Å². The number of benzene rings is 7. The molecule has 0 nitrogen and oxygen atoms in total. The number of rotatable bonds is 6. The van der Waals surface area contributed by atoms with E-state index >= 15 is 0 Å². The molecular formula is C64H53OsP+. The van der Waals surface area contributed by atoms with Crippen LogP contribution in [0, 0.1) is 16.2 Å². The van der Waals surface area contributed by atoms with E-state index in [2.05, 4.69) is 230 Å². The van der Waals surface area contributed by atoms with Crippen LogP contribution in [0.3, 0.4) is 0 Å². The van der Waals surface area contributed by atoms with Crippen LogP contribution in [0.25, 0.3) is 17.2 Å². The number of fused-ring (bicyclic) bond motifs is 4. The van der Waals surface area contributed by atoms with Crippen molar-refractivity contribution in [2.24, 2.45) is 0 Å². The molecule has 0 saturated heterocycles. The average molecular weight is 1040 g/mol. The van der Waals surface area contributed by atoms with Gasteiger partial charge in [-0.25, -0.2) is 0 Å². The Labute approximate surface area is 402 Å². The van der Waals surface area contributed by atoms with Crippen molar-refractivity contribution >= 4 is 40.4 Å². The summed E-state index contributed by atoms with van der Waals surface area (Å²) in [6.45, 7) is 4.29. The van der Waals surface area contributed by atoms with Crippen LogP contribution in [-0.2, 0) is 43.6 Å². The minimum atomic E-state index is -2.47. The van der Waals surface area contributed by atoms with E-state index in [4.69, 9.17) is 0 Å². The first-order chi connectivity index (χ1) is 32.6. The molecule has 66 heavy (non-hydrogen) atoms. The first kappa shape index (κ1) is 43.5. The molecule has 3 aliphatic carbocycles. The summed E-state index contributed by atoms with van der Waals surface area (Å²) in [4.78, 5) is 0. The predicted molar refractivity (Wildman–Crippen MR) is 279 cm³/mol. The van der Waals surface area contributed by atoms with E-state index in [1.54, 1.807) is 0 Å². The third-order valence-electron chi connectivity index (χ3n) is 13.7. The first-order valence-corrected chi connectivity index (χ1v) is 26.5. The topological polar surface area (TPSA) is 0 Å². The Hall–Kier alpha value is -6.35. The van der Waals surface area contributed by atoms with Gasteiger partial charge in [0.1, 0.15) is 0 Å². The monoisotopic (exact) mass is 1040 g/mol. The zero-order valence-corrected chi connectivity index (χ0v) is 41.2. The van der Waals surface area contributed by atoms with Crippen LogP contribution in [0.4, 0.5) is 0 Å². The second kappa shape index (κ2) is 19.6. The molecule has 0 heterocycles. The SMILES string of the molecule is CC=C1CCCC1=CC(C#Cc1ccc2c(c1)CCc1ccccc1/C2=C1/c2ccccc2CCc2cc(/C=C/C)ccc21)=C([C]#[Os])[P+](c1ccccc1)(c1ccccc1)c1ccccc1. The van der Waals surface area contributed by atoms with Crippen molar-refractivity contribution in [1.29, 1.82) is 0 Å². The van der Waals surface area contributed by atoms with Gasteiger partial charge in [0, 0.05) is 0 Å². The second-order valence-corrected chi connectivity index (χ2v) is 21.4. The Morgan fingerprint density at radius 3 is 1.53 bits per heavy atom. The van der Waals surface area contributed by atoms with Gasteiger partial charge in [0.2, 0.25) is 0 Å². The maximum absolute atomic E-state index is 3.92. The molecule has 0 spiro atoms. The van der Waals surface area contributed by atoms with Crippen molar-refractivity contribution in [3.8, 4) is 16.2 Å². The van der Waals surface area contributed by atoms with Crippen LogP contribution >= 0.6 is 7.26 Å². The van der Waals surface area contributed by atoms with E-state index in [1.807, 2.05) is 17.9 Å². The van der Waals surface area contributed by atoms with Gasteiger partial charge in [0.15, 0.2) is 0 Å². The number of hydrogen-bond donors (Lipinski definition) is 0. The molecular weight excluding hydrogens is 990 g/mol. The van der Waals surface area contributed by atoms with Crippen molar-refractivity contribution in [2.45, 2.75) is 58.8 Å². The van der Waals surface area contributed by atoms with Gasteiger partial charge in [-0.15, -0.1) is 0 Å². The summed E-state index contributed by atoms with van der Waals surface area (Å²) in [7, 11) is -2.47. The fourth-order valence-corrected chi connectivity index (χ4v) is 16.4. The summed E-state index contributed by atoms with van der Waals surface area (Å²) in [5.41, 5.74) is 19.7. The molecule has 0 atom stereocenters. The van der Waals surface area contributed by atoms with Gasteiger partial charge < -0.3 is 0 Å². The third-order valence-corrected chi connectivity index (χ3v) is 19.1. The van der Waals surface area contributed by atoms with Crippen LogP contribution in [0.5, 0.6) is 0 Å². The van der Waals surface area contributed by atoms with E-state index in [9.17, 15) is 0 Å². The zero-order valence-electron chi connectivity index (χ0n) is 37.8. The molecule has 0 unspecified atom stereocenters. The van der Waals surface area contributed by atoms with Crippen LogP contribution in [-0.4, -0.2) is 0 Å². The number of hydrogen-bond acceptors (Lipinski definition) is 0. The Bertz CT molecular complexity index is 3140. The van der Waals surface area contributed by atoms with Crippen LogP contribution in [0.1, 0.15) is 88.7 Å². The summed E-state index contributed by atoms with van der Waals surface area (Å²) in [6.07, 6.45) is 16.4. The summed E-state index contributed by atoms with van der Waals surface area (Å²) in [6, 6.07) is 65.9. The molecule has 321 valence electrons. The van der Waals surface area contributed by atoms with E-state index in [1.165, 1.54) is 93.6 Å². The Morgan fingerprint density at radius 2 is 0.985 bits per heavy atom. The van der Waals surface area contributed by atoms with Crippen molar-refractivity contribution in [2.75, 3.05) is 0 Å². The molecule has 0 bridgehead atoms. The molecule has 0 aliphatic heterocycles. The Balaban J connectivity index is 1.22. The zero-order chi connectivity index (χ0) is 44.9. The number of allylic oxidation sites excluding steroid dienone is 7. The quantitative estimate of drug-likeness (QED) is 0.115. The van der Waals surface area contributed by atoms with E-state index in [0.717, 1.165) is 56.1 Å². The molecule has 3 aliphatic rings.